The molecular formula is C24H28BrFN2O2. The second-order valence-corrected chi connectivity index (χ2v) is 9.57. The van der Waals surface area contributed by atoms with Gasteiger partial charge in [-0.1, -0.05) is 28.1 Å². The number of nitrogens with one attached hydrogen (secondary N) is 1. The molecule has 2 aliphatic rings. The summed E-state index contributed by atoms with van der Waals surface area (Å²) in [7, 11) is 1.67. The van der Waals surface area contributed by atoms with Gasteiger partial charge in [-0.25, -0.2) is 4.39 Å². The van der Waals surface area contributed by atoms with E-state index in [2.05, 4.69) is 52.1 Å². The van der Waals surface area contributed by atoms with Crippen LogP contribution in [0.3, 0.4) is 0 Å². The molecule has 30 heavy (non-hydrogen) atoms. The van der Waals surface area contributed by atoms with Crippen molar-refractivity contribution in [2.45, 2.75) is 57.8 Å². The number of carbonyl (C=O) groups is 1. The highest BCUT2D eigenvalue weighted by atomic mass is 79.9. The largest absolute Gasteiger partial charge is 0.496 e. The lowest BCUT2D eigenvalue weighted by Crippen LogP contribution is -2.46. The Hall–Kier alpha value is -1.92. The summed E-state index contributed by atoms with van der Waals surface area (Å²) in [5.74, 6) is 0.703. The molecule has 1 saturated carbocycles. The summed E-state index contributed by atoms with van der Waals surface area (Å²) in [4.78, 5) is 13.9. The van der Waals surface area contributed by atoms with Crippen molar-refractivity contribution in [2.75, 3.05) is 19.0 Å². The summed E-state index contributed by atoms with van der Waals surface area (Å²) in [6.07, 6.45) is 2.08. The first-order valence-electron chi connectivity index (χ1n) is 10.4. The average molecular weight is 475 g/mol. The van der Waals surface area contributed by atoms with Crippen LogP contribution >= 0.6 is 15.9 Å². The van der Waals surface area contributed by atoms with Crippen molar-refractivity contribution in [1.29, 1.82) is 0 Å². The van der Waals surface area contributed by atoms with Gasteiger partial charge in [0.15, 0.2) is 0 Å². The Balaban J connectivity index is 1.87. The normalized spacial score (nSPS) is 22.3. The molecule has 0 spiro atoms. The number of hydrogen-bond donors (Lipinski definition) is 1. The highest BCUT2D eigenvalue weighted by Gasteiger charge is 2.48. The molecule has 1 amide bonds. The SMILES string of the molecule is COc1cc(Br)ccc1C1c2ccc(NC(C)=O)c(C)c2C[C@@H](C)N1CC1(F)CC1. The predicted octanol–water partition coefficient (Wildman–Crippen LogP) is 5.56. The number of fused-ring (bicyclic) bond motifs is 1. The van der Waals surface area contributed by atoms with Gasteiger partial charge in [-0.3, -0.25) is 9.69 Å². The van der Waals surface area contributed by atoms with Gasteiger partial charge in [0.25, 0.3) is 0 Å². The van der Waals surface area contributed by atoms with Crippen LogP contribution in [0.4, 0.5) is 10.1 Å². The molecule has 160 valence electrons. The average Bonchev–Trinajstić information content (AvgIpc) is 3.42. The Kier molecular flexibility index (Phi) is 5.66. The van der Waals surface area contributed by atoms with E-state index in [4.69, 9.17) is 4.74 Å². The van der Waals surface area contributed by atoms with E-state index < -0.39 is 5.67 Å². The van der Waals surface area contributed by atoms with Crippen molar-refractivity contribution in [3.8, 4) is 5.75 Å². The number of hydrogen-bond acceptors (Lipinski definition) is 3. The third-order valence-corrected chi connectivity index (χ3v) is 6.88. The van der Waals surface area contributed by atoms with Crippen molar-refractivity contribution in [1.82, 2.24) is 4.90 Å². The van der Waals surface area contributed by atoms with Crippen LogP contribution in [0.5, 0.6) is 5.75 Å². The molecule has 6 heteroatoms. The van der Waals surface area contributed by atoms with Crippen molar-refractivity contribution in [3.63, 3.8) is 0 Å². The summed E-state index contributed by atoms with van der Waals surface area (Å²) >= 11 is 3.53. The van der Waals surface area contributed by atoms with E-state index in [1.807, 2.05) is 18.2 Å². The standard InChI is InChI=1S/C24H28BrFN2O2/c1-14-11-20-15(2)21(27-16(3)29)8-7-18(20)23(28(14)13-24(26)9-10-24)19-6-5-17(25)12-22(19)30-4/h5-8,12,14,23H,9-11,13H2,1-4H3,(H,27,29)/t14-,23?/m1/s1. The van der Waals surface area contributed by atoms with Crippen LogP contribution in [-0.2, 0) is 11.2 Å². The van der Waals surface area contributed by atoms with Crippen LogP contribution in [0.25, 0.3) is 0 Å². The van der Waals surface area contributed by atoms with Gasteiger partial charge < -0.3 is 10.1 Å². The van der Waals surface area contributed by atoms with Crippen molar-refractivity contribution < 1.29 is 13.9 Å². The number of alkyl halides is 1. The predicted molar refractivity (Wildman–Crippen MR) is 121 cm³/mol. The van der Waals surface area contributed by atoms with Gasteiger partial charge in [-0.2, -0.15) is 0 Å². The molecule has 0 bridgehead atoms. The third kappa shape index (κ3) is 4.00. The van der Waals surface area contributed by atoms with Gasteiger partial charge in [-0.15, -0.1) is 0 Å². The lowest BCUT2D eigenvalue weighted by molar-refractivity contribution is -0.114. The van der Waals surface area contributed by atoms with E-state index in [1.165, 1.54) is 12.5 Å². The van der Waals surface area contributed by atoms with Crippen LogP contribution in [0.1, 0.15) is 55.0 Å². The quantitative estimate of drug-likeness (QED) is 0.616. The summed E-state index contributed by atoms with van der Waals surface area (Å²) in [5, 5.41) is 2.94. The molecule has 2 aromatic carbocycles. The lowest BCUT2D eigenvalue weighted by atomic mass is 9.82. The Morgan fingerprint density at radius 3 is 2.63 bits per heavy atom. The Labute approximate surface area is 185 Å². The maximum Gasteiger partial charge on any atom is 0.221 e. The zero-order chi connectivity index (χ0) is 21.6. The topological polar surface area (TPSA) is 41.6 Å². The van der Waals surface area contributed by atoms with Crippen LogP contribution in [0.2, 0.25) is 0 Å². The molecule has 0 saturated heterocycles. The number of ether oxygens (including phenoxy) is 1. The number of methoxy groups -OCH3 is 1. The minimum absolute atomic E-state index is 0.0808. The molecule has 1 N–H and O–H groups in total. The number of benzene rings is 2. The van der Waals surface area contributed by atoms with E-state index in [-0.39, 0.29) is 18.0 Å². The molecule has 2 aromatic rings. The number of amides is 1. The Morgan fingerprint density at radius 2 is 2.00 bits per heavy atom. The maximum atomic E-state index is 14.9. The van der Waals surface area contributed by atoms with Crippen molar-refractivity contribution in [3.05, 3.63) is 57.1 Å². The molecule has 1 aliphatic heterocycles. The molecule has 1 aliphatic carbocycles. The first kappa shape index (κ1) is 21.3. The molecule has 1 heterocycles. The molecule has 0 radical (unpaired) electrons. The Morgan fingerprint density at radius 1 is 1.30 bits per heavy atom. The molecule has 4 nitrogen and oxygen atoms in total. The zero-order valence-corrected chi connectivity index (χ0v) is 19.5. The van der Waals surface area contributed by atoms with Crippen LogP contribution in [-0.4, -0.2) is 36.2 Å². The first-order valence-corrected chi connectivity index (χ1v) is 11.2. The molecular weight excluding hydrogens is 447 g/mol. The minimum atomic E-state index is -1.09. The zero-order valence-electron chi connectivity index (χ0n) is 17.9. The molecule has 4 rings (SSSR count). The molecule has 1 fully saturated rings. The van der Waals surface area contributed by atoms with Crippen LogP contribution in [0.15, 0.2) is 34.8 Å². The summed E-state index contributed by atoms with van der Waals surface area (Å²) in [6, 6.07) is 10.1. The van der Waals surface area contributed by atoms with Crippen LogP contribution in [0, 0.1) is 6.92 Å². The van der Waals surface area contributed by atoms with Crippen molar-refractivity contribution >= 4 is 27.5 Å². The van der Waals surface area contributed by atoms with E-state index in [9.17, 15) is 9.18 Å². The smallest absolute Gasteiger partial charge is 0.221 e. The summed E-state index contributed by atoms with van der Waals surface area (Å²) in [6.45, 7) is 6.16. The van der Waals surface area contributed by atoms with E-state index in [0.29, 0.717) is 19.4 Å². The number of nitrogens with zero attached hydrogens (tertiary/aromatic N) is 1. The van der Waals surface area contributed by atoms with Gasteiger partial charge in [-0.05, 0) is 68.0 Å². The maximum absolute atomic E-state index is 14.9. The third-order valence-electron chi connectivity index (χ3n) is 6.39. The summed E-state index contributed by atoms with van der Waals surface area (Å²) < 4.78 is 21.6. The van der Waals surface area contributed by atoms with Gasteiger partial charge in [0.1, 0.15) is 11.4 Å². The fourth-order valence-corrected chi connectivity index (χ4v) is 4.94. The highest BCUT2D eigenvalue weighted by Crippen LogP contribution is 2.48. The fraction of sp³-hybridized carbons (Fsp3) is 0.458. The van der Waals surface area contributed by atoms with E-state index >= 15 is 0 Å². The molecule has 1 unspecified atom stereocenters. The van der Waals surface area contributed by atoms with Gasteiger partial charge in [0.2, 0.25) is 5.91 Å². The first-order chi connectivity index (χ1) is 14.2. The number of anilines is 1. The van der Waals surface area contributed by atoms with Gasteiger partial charge in [0.05, 0.1) is 13.2 Å². The summed E-state index contributed by atoms with van der Waals surface area (Å²) in [5.41, 5.74) is 4.25. The van der Waals surface area contributed by atoms with Crippen LogP contribution < -0.4 is 10.1 Å². The van der Waals surface area contributed by atoms with Gasteiger partial charge in [0, 0.05) is 35.2 Å². The van der Waals surface area contributed by atoms with Gasteiger partial charge >= 0.3 is 0 Å². The monoisotopic (exact) mass is 474 g/mol. The second kappa shape index (κ2) is 7.97. The van der Waals surface area contributed by atoms with E-state index in [1.54, 1.807) is 7.11 Å². The van der Waals surface area contributed by atoms with Crippen molar-refractivity contribution in [2.24, 2.45) is 0 Å². The molecule has 0 aromatic heterocycles. The number of carbonyl (C=O) groups excluding carboxylic acids is 1. The lowest BCUT2D eigenvalue weighted by Gasteiger charge is -2.44. The highest BCUT2D eigenvalue weighted by molar-refractivity contribution is 9.10. The van der Waals surface area contributed by atoms with E-state index in [0.717, 1.165) is 39.0 Å². The number of rotatable bonds is 5. The Bertz CT molecular complexity index is 989. The minimum Gasteiger partial charge on any atom is -0.496 e. The fourth-order valence-electron chi connectivity index (χ4n) is 4.60. The number of halogens is 2. The molecule has 2 atom stereocenters. The second-order valence-electron chi connectivity index (χ2n) is 8.65.